The molecule has 0 spiro atoms. The van der Waals surface area contributed by atoms with Crippen LogP contribution in [0, 0.1) is 5.82 Å². The predicted molar refractivity (Wildman–Crippen MR) is 106 cm³/mol. The van der Waals surface area contributed by atoms with E-state index in [0.29, 0.717) is 13.1 Å². The van der Waals surface area contributed by atoms with Gasteiger partial charge in [0.1, 0.15) is 11.9 Å². The number of carbonyl (C=O) groups is 2. The molecule has 1 amide bonds. The zero-order valence-electron chi connectivity index (χ0n) is 16.6. The van der Waals surface area contributed by atoms with Gasteiger partial charge in [0, 0.05) is 32.5 Å². The van der Waals surface area contributed by atoms with Crippen molar-refractivity contribution in [2.45, 2.75) is 38.4 Å². The van der Waals surface area contributed by atoms with Gasteiger partial charge in [0.15, 0.2) is 6.61 Å². The Kier molecular flexibility index (Phi) is 7.30. The summed E-state index contributed by atoms with van der Waals surface area (Å²) in [5, 5.41) is 0. The first-order valence-electron chi connectivity index (χ1n) is 9.81. The van der Waals surface area contributed by atoms with Crippen LogP contribution in [0.1, 0.15) is 30.4 Å². The molecule has 0 N–H and O–H groups in total. The molecule has 1 saturated heterocycles. The van der Waals surface area contributed by atoms with E-state index in [1.165, 1.54) is 17.0 Å². The largest absolute Gasteiger partial charge is 0.454 e. The Hall–Kier alpha value is -2.80. The highest BCUT2D eigenvalue weighted by atomic mass is 19.1. The molecule has 3 rings (SSSR count). The van der Waals surface area contributed by atoms with E-state index < -0.39 is 0 Å². The van der Waals surface area contributed by atoms with Crippen LogP contribution < -0.4 is 0 Å². The molecule has 2 heterocycles. The van der Waals surface area contributed by atoms with Crippen LogP contribution >= 0.6 is 0 Å². The Morgan fingerprint density at radius 1 is 1.21 bits per heavy atom. The Morgan fingerprint density at radius 2 is 2.00 bits per heavy atom. The summed E-state index contributed by atoms with van der Waals surface area (Å²) in [6.45, 7) is 1.47. The minimum absolute atomic E-state index is 0.294. The molecule has 1 aromatic carbocycles. The van der Waals surface area contributed by atoms with Gasteiger partial charge in [0.25, 0.3) is 5.91 Å². The first-order valence-corrected chi connectivity index (χ1v) is 9.81. The lowest BCUT2D eigenvalue weighted by Crippen LogP contribution is -2.45. The summed E-state index contributed by atoms with van der Waals surface area (Å²) in [5.74, 6) is -0.977. The number of halogens is 1. The fourth-order valence-electron chi connectivity index (χ4n) is 3.46. The molecule has 0 saturated carbocycles. The topological polar surface area (TPSA) is 62.7 Å². The Labute approximate surface area is 170 Å². The predicted octanol–water partition coefficient (Wildman–Crippen LogP) is 2.78. The van der Waals surface area contributed by atoms with Gasteiger partial charge in [-0.05, 0) is 48.7 Å². The smallest absolute Gasteiger partial charge is 0.323 e. The number of esters is 1. The van der Waals surface area contributed by atoms with Gasteiger partial charge in [-0.2, -0.15) is 0 Å². The number of rotatable bonds is 7. The molecule has 0 radical (unpaired) electrons. The number of likely N-dealkylation sites (N-methyl/N-ethyl adjacent to an activating group) is 1. The van der Waals surface area contributed by atoms with Crippen LogP contribution in [0.15, 0.2) is 48.8 Å². The number of benzene rings is 1. The molecule has 2 aromatic rings. The minimum Gasteiger partial charge on any atom is -0.454 e. The van der Waals surface area contributed by atoms with Crippen molar-refractivity contribution in [1.82, 2.24) is 14.8 Å². The normalized spacial score (nSPS) is 17.0. The summed E-state index contributed by atoms with van der Waals surface area (Å²) in [7, 11) is 1.63. The summed E-state index contributed by atoms with van der Waals surface area (Å²) >= 11 is 0. The van der Waals surface area contributed by atoms with Crippen LogP contribution in [-0.2, 0) is 27.4 Å². The summed E-state index contributed by atoms with van der Waals surface area (Å²) in [4.78, 5) is 32.6. The van der Waals surface area contributed by atoms with E-state index in [4.69, 9.17) is 4.74 Å². The highest BCUT2D eigenvalue weighted by Gasteiger charge is 2.30. The molecule has 29 heavy (non-hydrogen) atoms. The highest BCUT2D eigenvalue weighted by molar-refractivity contribution is 5.82. The molecule has 7 heteroatoms. The number of carbonyl (C=O) groups excluding carboxylic acids is 2. The average molecular weight is 399 g/mol. The molecule has 0 bridgehead atoms. The highest BCUT2D eigenvalue weighted by Crippen LogP contribution is 2.20. The molecule has 1 atom stereocenters. The maximum atomic E-state index is 13.0. The second-order valence-corrected chi connectivity index (χ2v) is 7.33. The third-order valence-corrected chi connectivity index (χ3v) is 5.09. The number of likely N-dealkylation sites (tertiary alicyclic amines) is 1. The Bertz CT molecular complexity index is 814. The van der Waals surface area contributed by atoms with Crippen LogP contribution in [0.25, 0.3) is 0 Å². The molecular formula is C22H26FN3O3. The fourth-order valence-corrected chi connectivity index (χ4v) is 3.46. The lowest BCUT2D eigenvalue weighted by Gasteiger charge is -2.34. The maximum Gasteiger partial charge on any atom is 0.323 e. The van der Waals surface area contributed by atoms with Crippen molar-refractivity contribution in [3.8, 4) is 0 Å². The van der Waals surface area contributed by atoms with Gasteiger partial charge in [-0.15, -0.1) is 0 Å². The number of hydrogen-bond acceptors (Lipinski definition) is 5. The van der Waals surface area contributed by atoms with E-state index in [1.807, 2.05) is 12.1 Å². The van der Waals surface area contributed by atoms with Gasteiger partial charge < -0.3 is 9.64 Å². The number of piperidine rings is 1. The Balaban J connectivity index is 1.51. The lowest BCUT2D eigenvalue weighted by molar-refractivity contribution is -0.157. The van der Waals surface area contributed by atoms with Crippen molar-refractivity contribution in [2.75, 3.05) is 20.2 Å². The van der Waals surface area contributed by atoms with E-state index in [1.54, 1.807) is 31.6 Å². The van der Waals surface area contributed by atoms with Crippen LogP contribution in [-0.4, -0.2) is 52.9 Å². The summed E-state index contributed by atoms with van der Waals surface area (Å²) in [5.41, 5.74) is 1.85. The zero-order chi connectivity index (χ0) is 20.6. The van der Waals surface area contributed by atoms with E-state index in [0.717, 1.165) is 36.9 Å². The van der Waals surface area contributed by atoms with Crippen LogP contribution in [0.2, 0.25) is 0 Å². The first-order chi connectivity index (χ1) is 14.0. The molecule has 6 nitrogen and oxygen atoms in total. The minimum atomic E-state index is -0.364. The van der Waals surface area contributed by atoms with Gasteiger partial charge in [-0.1, -0.05) is 24.6 Å². The van der Waals surface area contributed by atoms with E-state index >= 15 is 0 Å². The molecule has 1 aliphatic rings. The van der Waals surface area contributed by atoms with Crippen molar-refractivity contribution < 1.29 is 18.7 Å². The molecule has 1 aliphatic heterocycles. The summed E-state index contributed by atoms with van der Waals surface area (Å²) < 4.78 is 18.3. The lowest BCUT2D eigenvalue weighted by atomic mass is 10.0. The SMILES string of the molecule is CN(Cc1ccc(F)cc1)C(=O)COC(=O)C1CCCCN1Cc1cccnc1. The third-order valence-electron chi connectivity index (χ3n) is 5.09. The molecule has 1 unspecified atom stereocenters. The third kappa shape index (κ3) is 6.09. The van der Waals surface area contributed by atoms with Crippen LogP contribution in [0.5, 0.6) is 0 Å². The van der Waals surface area contributed by atoms with Crippen molar-refractivity contribution in [1.29, 1.82) is 0 Å². The molecule has 154 valence electrons. The van der Waals surface area contributed by atoms with Gasteiger partial charge in [-0.3, -0.25) is 19.5 Å². The standard InChI is InChI=1S/C22H26FN3O3/c1-25(14-17-7-9-19(23)10-8-17)21(27)16-29-22(28)20-6-2-3-12-26(20)15-18-5-4-11-24-13-18/h4-5,7-11,13,20H,2-3,6,12,14-16H2,1H3. The number of amides is 1. The van der Waals surface area contributed by atoms with Crippen LogP contribution in [0.3, 0.4) is 0 Å². The number of aromatic nitrogens is 1. The number of ether oxygens (including phenoxy) is 1. The van der Waals surface area contributed by atoms with E-state index in [-0.39, 0.29) is 30.3 Å². The summed E-state index contributed by atoms with van der Waals surface area (Å²) in [6.07, 6.45) is 6.23. The molecule has 0 aliphatic carbocycles. The van der Waals surface area contributed by atoms with Crippen molar-refractivity contribution in [3.05, 3.63) is 65.7 Å². The average Bonchev–Trinajstić information content (AvgIpc) is 2.74. The zero-order valence-corrected chi connectivity index (χ0v) is 16.6. The number of pyridine rings is 1. The van der Waals surface area contributed by atoms with Crippen molar-refractivity contribution in [3.63, 3.8) is 0 Å². The van der Waals surface area contributed by atoms with Gasteiger partial charge in [-0.25, -0.2) is 4.39 Å². The number of hydrogen-bond donors (Lipinski definition) is 0. The second kappa shape index (κ2) is 10.1. The quantitative estimate of drug-likeness (QED) is 0.670. The van der Waals surface area contributed by atoms with Gasteiger partial charge >= 0.3 is 5.97 Å². The van der Waals surface area contributed by atoms with Crippen molar-refractivity contribution >= 4 is 11.9 Å². The van der Waals surface area contributed by atoms with Crippen LogP contribution in [0.4, 0.5) is 4.39 Å². The second-order valence-electron chi connectivity index (χ2n) is 7.33. The van der Waals surface area contributed by atoms with Gasteiger partial charge in [0.2, 0.25) is 0 Å². The first kappa shape index (κ1) is 20.9. The maximum absolute atomic E-state index is 13.0. The monoisotopic (exact) mass is 399 g/mol. The van der Waals surface area contributed by atoms with E-state index in [9.17, 15) is 14.0 Å². The summed E-state index contributed by atoms with van der Waals surface area (Å²) in [6, 6.07) is 9.48. The molecular weight excluding hydrogens is 373 g/mol. The van der Waals surface area contributed by atoms with Gasteiger partial charge in [0.05, 0.1) is 0 Å². The fraction of sp³-hybridized carbons (Fsp3) is 0.409. The molecule has 1 fully saturated rings. The Morgan fingerprint density at radius 3 is 2.72 bits per heavy atom. The van der Waals surface area contributed by atoms with Crippen molar-refractivity contribution in [2.24, 2.45) is 0 Å². The van der Waals surface area contributed by atoms with E-state index in [2.05, 4.69) is 9.88 Å². The molecule has 1 aromatic heterocycles. The number of nitrogens with zero attached hydrogens (tertiary/aromatic N) is 3.